The highest BCUT2D eigenvalue weighted by molar-refractivity contribution is 7.88. The molecule has 0 N–H and O–H groups in total. The molecule has 0 aromatic heterocycles. The summed E-state index contributed by atoms with van der Waals surface area (Å²) in [5, 5.41) is 0.381. The Balaban J connectivity index is 1.60. The second-order valence-corrected chi connectivity index (χ2v) is 9.41. The van der Waals surface area contributed by atoms with Gasteiger partial charge in [0.1, 0.15) is 0 Å². The highest BCUT2D eigenvalue weighted by Gasteiger charge is 2.28. The number of halogens is 1. The molecule has 0 bridgehead atoms. The van der Waals surface area contributed by atoms with Crippen LogP contribution in [-0.4, -0.2) is 63.9 Å². The van der Waals surface area contributed by atoms with Crippen LogP contribution < -0.4 is 9.47 Å². The number of hydrogen-bond donors (Lipinski definition) is 0. The average Bonchev–Trinajstić information content (AvgIpc) is 2.77. The van der Waals surface area contributed by atoms with Crippen LogP contribution in [0.4, 0.5) is 0 Å². The molecule has 0 aliphatic carbocycles. The minimum Gasteiger partial charge on any atom is -0.493 e. The Morgan fingerprint density at radius 3 is 2.35 bits per heavy atom. The summed E-state index contributed by atoms with van der Waals surface area (Å²) < 4.78 is 37.2. The number of carbonyl (C=O) groups excluding carboxylic acids is 1. The van der Waals surface area contributed by atoms with Crippen molar-refractivity contribution in [3.05, 3.63) is 64.7 Å². The minimum atomic E-state index is -3.42. The van der Waals surface area contributed by atoms with Gasteiger partial charge in [-0.25, -0.2) is 8.42 Å². The summed E-state index contributed by atoms with van der Waals surface area (Å²) in [6, 6.07) is 12.5. The number of hydrogen-bond acceptors (Lipinski definition) is 5. The van der Waals surface area contributed by atoms with Crippen LogP contribution in [0.25, 0.3) is 6.08 Å². The summed E-state index contributed by atoms with van der Waals surface area (Å²) in [5.74, 6) is 0.674. The van der Waals surface area contributed by atoms with E-state index in [0.29, 0.717) is 35.2 Å². The third-order valence-corrected chi connectivity index (χ3v) is 7.14. The molecule has 2 aromatic carbocycles. The molecule has 0 unspecified atom stereocenters. The van der Waals surface area contributed by atoms with Crippen LogP contribution in [-0.2, 0) is 20.6 Å². The molecule has 2 aromatic rings. The largest absolute Gasteiger partial charge is 0.493 e. The molecule has 1 aliphatic heterocycles. The van der Waals surface area contributed by atoms with Crippen LogP contribution in [0.15, 0.2) is 48.5 Å². The van der Waals surface area contributed by atoms with Gasteiger partial charge >= 0.3 is 0 Å². The fraction of sp³-hybridized carbons (Fsp3) is 0.318. The van der Waals surface area contributed by atoms with E-state index < -0.39 is 10.0 Å². The first kappa shape index (κ1) is 23.1. The van der Waals surface area contributed by atoms with Crippen molar-refractivity contribution in [2.24, 2.45) is 0 Å². The first-order valence-corrected chi connectivity index (χ1v) is 11.7. The van der Waals surface area contributed by atoms with Crippen LogP contribution >= 0.6 is 11.6 Å². The van der Waals surface area contributed by atoms with Gasteiger partial charge < -0.3 is 14.4 Å². The number of benzene rings is 2. The molecule has 0 atom stereocenters. The zero-order valence-corrected chi connectivity index (χ0v) is 19.0. The number of amides is 1. The Bertz CT molecular complexity index is 1050. The first-order chi connectivity index (χ1) is 14.8. The van der Waals surface area contributed by atoms with E-state index in [9.17, 15) is 13.2 Å². The molecule has 0 saturated carbocycles. The predicted octanol–water partition coefficient (Wildman–Crippen LogP) is 3.04. The third kappa shape index (κ3) is 5.78. The maximum Gasteiger partial charge on any atom is 0.246 e. The molecule has 166 valence electrons. The van der Waals surface area contributed by atoms with E-state index in [4.69, 9.17) is 21.1 Å². The van der Waals surface area contributed by atoms with Crippen molar-refractivity contribution in [1.29, 1.82) is 0 Å². The summed E-state index contributed by atoms with van der Waals surface area (Å²) in [7, 11) is -0.408. The smallest absolute Gasteiger partial charge is 0.246 e. The van der Waals surface area contributed by atoms with Crippen LogP contribution in [0.3, 0.4) is 0 Å². The van der Waals surface area contributed by atoms with Gasteiger partial charge in [0.15, 0.2) is 11.5 Å². The van der Waals surface area contributed by atoms with Gasteiger partial charge in [0, 0.05) is 32.3 Å². The Labute approximate surface area is 187 Å². The SMILES string of the molecule is COc1cc(/C=C/C(=O)N2CCN(S(=O)(=O)Cc3ccccc3)CC2)cc(Cl)c1OC. The lowest BCUT2D eigenvalue weighted by Crippen LogP contribution is -2.50. The molecule has 1 amide bonds. The number of carbonyl (C=O) groups is 1. The molecular weight excluding hydrogens is 440 g/mol. The fourth-order valence-corrected chi connectivity index (χ4v) is 5.18. The molecule has 9 heteroatoms. The van der Waals surface area contributed by atoms with Crippen LogP contribution in [0, 0.1) is 0 Å². The number of rotatable bonds is 7. The van der Waals surface area contributed by atoms with E-state index in [2.05, 4.69) is 0 Å². The van der Waals surface area contributed by atoms with E-state index in [1.807, 2.05) is 18.2 Å². The lowest BCUT2D eigenvalue weighted by Gasteiger charge is -2.33. The van der Waals surface area contributed by atoms with Crippen LogP contribution in [0.2, 0.25) is 5.02 Å². The summed E-state index contributed by atoms with van der Waals surface area (Å²) in [4.78, 5) is 14.2. The maximum absolute atomic E-state index is 12.7. The summed E-state index contributed by atoms with van der Waals surface area (Å²) in [5.41, 5.74) is 1.44. The normalized spacial score (nSPS) is 15.3. The van der Waals surface area contributed by atoms with Crippen molar-refractivity contribution in [3.63, 3.8) is 0 Å². The van der Waals surface area contributed by atoms with E-state index in [1.54, 1.807) is 35.2 Å². The predicted molar refractivity (Wildman–Crippen MR) is 121 cm³/mol. The van der Waals surface area contributed by atoms with E-state index in [1.165, 1.54) is 24.6 Å². The van der Waals surface area contributed by atoms with Crippen molar-refractivity contribution >= 4 is 33.6 Å². The molecule has 1 saturated heterocycles. The highest BCUT2D eigenvalue weighted by atomic mass is 35.5. The number of nitrogens with zero attached hydrogens (tertiary/aromatic N) is 2. The van der Waals surface area contributed by atoms with Gasteiger partial charge in [-0.3, -0.25) is 4.79 Å². The Morgan fingerprint density at radius 1 is 1.06 bits per heavy atom. The van der Waals surface area contributed by atoms with Crippen molar-refractivity contribution < 1.29 is 22.7 Å². The third-order valence-electron chi connectivity index (χ3n) is 5.01. The molecule has 1 heterocycles. The summed E-state index contributed by atoms with van der Waals surface area (Å²) >= 11 is 6.20. The molecule has 0 spiro atoms. The summed E-state index contributed by atoms with van der Waals surface area (Å²) in [6.45, 7) is 1.22. The van der Waals surface area contributed by atoms with Crippen molar-refractivity contribution in [2.75, 3.05) is 40.4 Å². The fourth-order valence-electron chi connectivity index (χ4n) is 3.37. The molecule has 0 radical (unpaired) electrons. The Hall–Kier alpha value is -2.55. The van der Waals surface area contributed by atoms with Gasteiger partial charge in [-0.05, 0) is 29.3 Å². The average molecular weight is 465 g/mol. The quantitative estimate of drug-likeness (QED) is 0.589. The lowest BCUT2D eigenvalue weighted by atomic mass is 10.1. The van der Waals surface area contributed by atoms with Gasteiger partial charge in [0.05, 0.1) is 25.0 Å². The standard InChI is InChI=1S/C22H25ClN2O5S/c1-29-20-15-18(14-19(23)22(20)30-2)8-9-21(26)24-10-12-25(13-11-24)31(27,28)16-17-6-4-3-5-7-17/h3-9,14-15H,10-13,16H2,1-2H3/b9-8+. The topological polar surface area (TPSA) is 76.2 Å². The molecule has 31 heavy (non-hydrogen) atoms. The van der Waals surface area contributed by atoms with Gasteiger partial charge in [-0.15, -0.1) is 0 Å². The molecule has 3 rings (SSSR count). The maximum atomic E-state index is 12.7. The zero-order chi connectivity index (χ0) is 22.4. The summed E-state index contributed by atoms with van der Waals surface area (Å²) in [6.07, 6.45) is 3.10. The first-order valence-electron chi connectivity index (χ1n) is 9.74. The molecule has 1 fully saturated rings. The van der Waals surface area contributed by atoms with Crippen LogP contribution in [0.1, 0.15) is 11.1 Å². The monoisotopic (exact) mass is 464 g/mol. The van der Waals surface area contributed by atoms with E-state index >= 15 is 0 Å². The molecule has 7 nitrogen and oxygen atoms in total. The number of methoxy groups -OCH3 is 2. The number of piperazine rings is 1. The highest BCUT2D eigenvalue weighted by Crippen LogP contribution is 2.36. The van der Waals surface area contributed by atoms with Crippen LogP contribution in [0.5, 0.6) is 11.5 Å². The number of ether oxygens (including phenoxy) is 2. The van der Waals surface area contributed by atoms with E-state index in [0.717, 1.165) is 5.56 Å². The van der Waals surface area contributed by atoms with Gasteiger partial charge in [-0.2, -0.15) is 4.31 Å². The lowest BCUT2D eigenvalue weighted by molar-refractivity contribution is -0.127. The molecule has 1 aliphatic rings. The minimum absolute atomic E-state index is 0.0399. The molecular formula is C22H25ClN2O5S. The van der Waals surface area contributed by atoms with Gasteiger partial charge in [-0.1, -0.05) is 41.9 Å². The van der Waals surface area contributed by atoms with Crippen molar-refractivity contribution in [3.8, 4) is 11.5 Å². The Morgan fingerprint density at radius 2 is 1.74 bits per heavy atom. The second kappa shape index (κ2) is 10.2. The second-order valence-electron chi connectivity index (χ2n) is 7.04. The van der Waals surface area contributed by atoms with E-state index in [-0.39, 0.29) is 24.7 Å². The van der Waals surface area contributed by atoms with Gasteiger partial charge in [0.25, 0.3) is 0 Å². The Kier molecular flexibility index (Phi) is 7.59. The number of sulfonamides is 1. The zero-order valence-electron chi connectivity index (χ0n) is 17.5. The van der Waals surface area contributed by atoms with Crippen molar-refractivity contribution in [2.45, 2.75) is 5.75 Å². The van der Waals surface area contributed by atoms with Gasteiger partial charge in [0.2, 0.25) is 15.9 Å². The van der Waals surface area contributed by atoms with Crippen molar-refractivity contribution in [1.82, 2.24) is 9.21 Å².